The van der Waals surface area contributed by atoms with E-state index < -0.39 is 0 Å². The van der Waals surface area contributed by atoms with Crippen LogP contribution in [0.25, 0.3) is 0 Å². The molecule has 0 radical (unpaired) electrons. The zero-order valence-electron chi connectivity index (χ0n) is 13.0. The molecule has 1 fully saturated rings. The van der Waals surface area contributed by atoms with Crippen LogP contribution >= 0.6 is 12.2 Å². The molecule has 23 heavy (non-hydrogen) atoms. The summed E-state index contributed by atoms with van der Waals surface area (Å²) in [5.41, 5.74) is 2.22. The van der Waals surface area contributed by atoms with Crippen LogP contribution in [0.3, 0.4) is 0 Å². The molecule has 1 aliphatic heterocycles. The molecule has 0 aliphatic carbocycles. The Morgan fingerprint density at radius 1 is 1.17 bits per heavy atom. The quantitative estimate of drug-likeness (QED) is 0.859. The first-order chi connectivity index (χ1) is 11.2. The van der Waals surface area contributed by atoms with Gasteiger partial charge in [-0.1, -0.05) is 24.7 Å². The van der Waals surface area contributed by atoms with Crippen LogP contribution in [0.2, 0.25) is 0 Å². The molecule has 3 rings (SSSR count). The van der Waals surface area contributed by atoms with Crippen molar-refractivity contribution in [1.29, 1.82) is 0 Å². The number of nitrogens with one attached hydrogen (secondary N) is 1. The molecule has 0 atom stereocenters. The minimum Gasteiger partial charge on any atom is -0.345 e. The van der Waals surface area contributed by atoms with Gasteiger partial charge in [0, 0.05) is 24.0 Å². The number of aromatic nitrogens is 1. The molecule has 0 spiro atoms. The van der Waals surface area contributed by atoms with Crippen LogP contribution in [-0.2, 0) is 6.54 Å². The number of likely N-dealkylation sites (tertiary alicyclic amines) is 1. The first-order valence-electron chi connectivity index (χ1n) is 7.95. The highest BCUT2D eigenvalue weighted by Gasteiger charge is 2.13. The molecular formula is C18H20FN3S. The minimum atomic E-state index is -0.162. The number of hydrogen-bond donors (Lipinski definition) is 1. The number of halogens is 1. The van der Waals surface area contributed by atoms with E-state index in [2.05, 4.69) is 15.2 Å². The summed E-state index contributed by atoms with van der Waals surface area (Å²) >= 11 is 5.36. The molecule has 1 saturated heterocycles. The van der Waals surface area contributed by atoms with E-state index in [0.717, 1.165) is 18.8 Å². The Labute approximate surface area is 141 Å². The Morgan fingerprint density at radius 2 is 2.00 bits per heavy atom. The van der Waals surface area contributed by atoms with Crippen LogP contribution in [0.4, 0.5) is 10.1 Å². The van der Waals surface area contributed by atoms with Gasteiger partial charge in [0.05, 0.1) is 5.69 Å². The van der Waals surface area contributed by atoms with Gasteiger partial charge in [0.2, 0.25) is 0 Å². The molecule has 0 bridgehead atoms. The van der Waals surface area contributed by atoms with Crippen molar-refractivity contribution in [2.75, 3.05) is 18.4 Å². The van der Waals surface area contributed by atoms with Crippen LogP contribution in [0, 0.1) is 5.82 Å². The maximum atomic E-state index is 14.1. The normalized spacial score (nSPS) is 15.3. The first kappa shape index (κ1) is 16.0. The SMILES string of the molecule is Fc1ccc(NC(=S)c2ccccn2)cc1CN1CCCCC1. The van der Waals surface area contributed by atoms with Crippen molar-refractivity contribution in [3.05, 3.63) is 59.7 Å². The molecule has 2 heterocycles. The van der Waals surface area contributed by atoms with Crippen LogP contribution in [0.15, 0.2) is 42.6 Å². The van der Waals surface area contributed by atoms with E-state index in [1.807, 2.05) is 24.3 Å². The molecule has 1 aliphatic rings. The van der Waals surface area contributed by atoms with Gasteiger partial charge < -0.3 is 5.32 Å². The van der Waals surface area contributed by atoms with E-state index in [-0.39, 0.29) is 5.82 Å². The molecule has 0 amide bonds. The summed E-state index contributed by atoms with van der Waals surface area (Å²) < 4.78 is 14.1. The van der Waals surface area contributed by atoms with E-state index in [1.54, 1.807) is 12.3 Å². The van der Waals surface area contributed by atoms with Crippen molar-refractivity contribution in [1.82, 2.24) is 9.88 Å². The summed E-state index contributed by atoms with van der Waals surface area (Å²) in [7, 11) is 0. The average molecular weight is 329 g/mol. The number of nitrogens with zero attached hydrogens (tertiary/aromatic N) is 2. The van der Waals surface area contributed by atoms with Crippen molar-refractivity contribution >= 4 is 22.9 Å². The van der Waals surface area contributed by atoms with Gasteiger partial charge in [0.15, 0.2) is 0 Å². The smallest absolute Gasteiger partial charge is 0.129 e. The lowest BCUT2D eigenvalue weighted by Gasteiger charge is -2.26. The molecule has 120 valence electrons. The average Bonchev–Trinajstić information content (AvgIpc) is 2.59. The number of pyridine rings is 1. The van der Waals surface area contributed by atoms with E-state index in [4.69, 9.17) is 12.2 Å². The van der Waals surface area contributed by atoms with Crippen LogP contribution in [0.5, 0.6) is 0 Å². The summed E-state index contributed by atoms with van der Waals surface area (Å²) in [6.45, 7) is 2.74. The predicted molar refractivity (Wildman–Crippen MR) is 95.1 cm³/mol. The van der Waals surface area contributed by atoms with E-state index in [0.29, 0.717) is 22.8 Å². The number of benzene rings is 1. The van der Waals surface area contributed by atoms with Gasteiger partial charge in [-0.15, -0.1) is 0 Å². The Hall–Kier alpha value is -1.85. The van der Waals surface area contributed by atoms with Crippen molar-refractivity contribution < 1.29 is 4.39 Å². The second-order valence-electron chi connectivity index (χ2n) is 5.81. The molecule has 3 nitrogen and oxygen atoms in total. The summed E-state index contributed by atoms with van der Waals surface area (Å²) in [6, 6.07) is 10.7. The Kier molecular flexibility index (Phi) is 5.31. The third-order valence-corrected chi connectivity index (χ3v) is 4.35. The number of thiocarbonyl (C=S) groups is 1. The molecule has 0 saturated carbocycles. The van der Waals surface area contributed by atoms with Crippen molar-refractivity contribution in [3.63, 3.8) is 0 Å². The Balaban J connectivity index is 1.70. The lowest BCUT2D eigenvalue weighted by molar-refractivity contribution is 0.218. The zero-order chi connectivity index (χ0) is 16.1. The maximum Gasteiger partial charge on any atom is 0.129 e. The van der Waals surface area contributed by atoms with Gasteiger partial charge in [0.25, 0.3) is 0 Å². The molecule has 1 aromatic heterocycles. The molecular weight excluding hydrogens is 309 g/mol. The van der Waals surface area contributed by atoms with Crippen LogP contribution in [0.1, 0.15) is 30.5 Å². The van der Waals surface area contributed by atoms with Gasteiger partial charge in [-0.05, 0) is 56.3 Å². The van der Waals surface area contributed by atoms with E-state index >= 15 is 0 Å². The highest BCUT2D eigenvalue weighted by atomic mass is 32.1. The van der Waals surface area contributed by atoms with Crippen molar-refractivity contribution in [2.45, 2.75) is 25.8 Å². The second kappa shape index (κ2) is 7.62. The lowest BCUT2D eigenvalue weighted by atomic mass is 10.1. The van der Waals surface area contributed by atoms with Crippen LogP contribution < -0.4 is 5.32 Å². The first-order valence-corrected chi connectivity index (χ1v) is 8.36. The fourth-order valence-corrected chi connectivity index (χ4v) is 3.06. The fourth-order valence-electron chi connectivity index (χ4n) is 2.82. The highest BCUT2D eigenvalue weighted by molar-refractivity contribution is 7.81. The summed E-state index contributed by atoms with van der Waals surface area (Å²) in [5.74, 6) is -0.162. The summed E-state index contributed by atoms with van der Waals surface area (Å²) in [6.07, 6.45) is 5.38. The monoisotopic (exact) mass is 329 g/mol. The van der Waals surface area contributed by atoms with Gasteiger partial charge in [-0.3, -0.25) is 9.88 Å². The lowest BCUT2D eigenvalue weighted by Crippen LogP contribution is -2.29. The summed E-state index contributed by atoms with van der Waals surface area (Å²) in [5, 5.41) is 3.15. The maximum absolute atomic E-state index is 14.1. The summed E-state index contributed by atoms with van der Waals surface area (Å²) in [4.78, 5) is 7.07. The number of anilines is 1. The van der Waals surface area contributed by atoms with Gasteiger partial charge in [0.1, 0.15) is 10.8 Å². The minimum absolute atomic E-state index is 0.162. The third kappa shape index (κ3) is 4.33. The van der Waals surface area contributed by atoms with Gasteiger partial charge in [-0.2, -0.15) is 0 Å². The Morgan fingerprint density at radius 3 is 2.74 bits per heavy atom. The van der Waals surface area contributed by atoms with Crippen LogP contribution in [-0.4, -0.2) is 28.0 Å². The Bertz CT molecular complexity index is 669. The number of hydrogen-bond acceptors (Lipinski definition) is 3. The van der Waals surface area contributed by atoms with Gasteiger partial charge >= 0.3 is 0 Å². The van der Waals surface area contributed by atoms with Crippen molar-refractivity contribution in [3.8, 4) is 0 Å². The standard InChI is InChI=1S/C18H20FN3S/c19-16-8-7-15(21-18(23)17-6-2-3-9-20-17)12-14(16)13-22-10-4-1-5-11-22/h2-3,6-9,12H,1,4-5,10-11,13H2,(H,21,23). The third-order valence-electron chi connectivity index (χ3n) is 4.04. The molecule has 2 aromatic rings. The molecule has 1 N–H and O–H groups in total. The largest absolute Gasteiger partial charge is 0.345 e. The zero-order valence-corrected chi connectivity index (χ0v) is 13.8. The number of rotatable bonds is 4. The molecule has 0 unspecified atom stereocenters. The van der Waals surface area contributed by atoms with E-state index in [9.17, 15) is 4.39 Å². The predicted octanol–water partition coefficient (Wildman–Crippen LogP) is 3.99. The topological polar surface area (TPSA) is 28.2 Å². The van der Waals surface area contributed by atoms with Gasteiger partial charge in [-0.25, -0.2) is 4.39 Å². The second-order valence-corrected chi connectivity index (χ2v) is 6.22. The molecule has 5 heteroatoms. The van der Waals surface area contributed by atoms with E-state index in [1.165, 1.54) is 25.3 Å². The highest BCUT2D eigenvalue weighted by Crippen LogP contribution is 2.19. The van der Waals surface area contributed by atoms with Crippen molar-refractivity contribution in [2.24, 2.45) is 0 Å². The molecule has 1 aromatic carbocycles. The fraction of sp³-hybridized carbons (Fsp3) is 0.333. The number of piperidine rings is 1.